The van der Waals surface area contributed by atoms with E-state index in [1.54, 1.807) is 0 Å². The predicted molar refractivity (Wildman–Crippen MR) is 55.7 cm³/mol. The molecule has 0 saturated carbocycles. The summed E-state index contributed by atoms with van der Waals surface area (Å²) in [5, 5.41) is 0. The number of alkyl halides is 3. The average molecular weight is 259 g/mol. The Hall–Kier alpha value is -2.05. The van der Waals surface area contributed by atoms with Gasteiger partial charge in [0.15, 0.2) is 5.78 Å². The van der Waals surface area contributed by atoms with Crippen LogP contribution in [0.2, 0.25) is 0 Å². The van der Waals surface area contributed by atoms with Crippen LogP contribution < -0.4 is 9.64 Å². The third-order valence-electron chi connectivity index (χ3n) is 2.58. The van der Waals surface area contributed by atoms with Gasteiger partial charge >= 0.3 is 12.1 Å². The Morgan fingerprint density at radius 2 is 2.06 bits per heavy atom. The predicted octanol–water partition coefficient (Wildman–Crippen LogP) is 1.79. The minimum Gasteiger partial charge on any atom is -0.496 e. The standard InChI is InChI=1S/C11H8F3NO3/c1-18-8-4-2-3-6-9(8)7(16)5-15(6)10(17)11(12,13)14/h2-4H,5H2,1H3. The van der Waals surface area contributed by atoms with Gasteiger partial charge in [0, 0.05) is 0 Å². The summed E-state index contributed by atoms with van der Waals surface area (Å²) in [7, 11) is 1.30. The Labute approximate surface area is 99.9 Å². The molecule has 1 aromatic carbocycles. The first-order valence-corrected chi connectivity index (χ1v) is 4.95. The molecule has 1 amide bonds. The lowest BCUT2D eigenvalue weighted by Crippen LogP contribution is -2.40. The molecule has 0 N–H and O–H groups in total. The average Bonchev–Trinajstić information content (AvgIpc) is 2.65. The first-order valence-electron chi connectivity index (χ1n) is 4.95. The number of Topliss-reactive ketones (excluding diaryl/α,β-unsaturated/α-hetero) is 1. The summed E-state index contributed by atoms with van der Waals surface area (Å²) >= 11 is 0. The third kappa shape index (κ3) is 1.81. The number of hydrogen-bond acceptors (Lipinski definition) is 3. The second kappa shape index (κ2) is 4.01. The number of rotatable bonds is 1. The Kier molecular flexibility index (Phi) is 2.76. The fourth-order valence-corrected chi connectivity index (χ4v) is 1.84. The summed E-state index contributed by atoms with van der Waals surface area (Å²) in [5.74, 6) is -2.46. The van der Waals surface area contributed by atoms with Crippen molar-refractivity contribution in [3.8, 4) is 5.75 Å². The van der Waals surface area contributed by atoms with Gasteiger partial charge in [0.05, 0.1) is 24.9 Å². The molecule has 2 rings (SSSR count). The molecule has 0 aromatic heterocycles. The normalized spacial score (nSPS) is 14.7. The molecule has 0 radical (unpaired) electrons. The van der Waals surface area contributed by atoms with Crippen molar-refractivity contribution in [2.24, 2.45) is 0 Å². The van der Waals surface area contributed by atoms with Gasteiger partial charge in [-0.3, -0.25) is 14.5 Å². The monoisotopic (exact) mass is 259 g/mol. The van der Waals surface area contributed by atoms with Gasteiger partial charge in [0.2, 0.25) is 0 Å². The second-order valence-corrected chi connectivity index (χ2v) is 3.67. The second-order valence-electron chi connectivity index (χ2n) is 3.67. The molecule has 1 aliphatic rings. The lowest BCUT2D eigenvalue weighted by molar-refractivity contribution is -0.170. The summed E-state index contributed by atoms with van der Waals surface area (Å²) in [6, 6.07) is 4.16. The van der Waals surface area contributed by atoms with E-state index in [-0.39, 0.29) is 17.0 Å². The molecule has 0 aliphatic carbocycles. The molecule has 0 atom stereocenters. The van der Waals surface area contributed by atoms with Crippen LogP contribution in [0, 0.1) is 0 Å². The van der Waals surface area contributed by atoms with E-state index >= 15 is 0 Å². The highest BCUT2D eigenvalue weighted by Crippen LogP contribution is 2.36. The van der Waals surface area contributed by atoms with E-state index in [1.807, 2.05) is 0 Å². The molecule has 0 unspecified atom stereocenters. The molecule has 0 fully saturated rings. The molecule has 1 heterocycles. The topological polar surface area (TPSA) is 46.6 Å². The first-order chi connectivity index (χ1) is 8.36. The number of carbonyl (C=O) groups is 2. The number of ether oxygens (including phenoxy) is 1. The number of fused-ring (bicyclic) bond motifs is 1. The number of ketones is 1. The van der Waals surface area contributed by atoms with Crippen molar-refractivity contribution in [1.29, 1.82) is 0 Å². The number of anilines is 1. The van der Waals surface area contributed by atoms with Gasteiger partial charge in [-0.25, -0.2) is 0 Å². The molecule has 18 heavy (non-hydrogen) atoms. The largest absolute Gasteiger partial charge is 0.496 e. The highest BCUT2D eigenvalue weighted by atomic mass is 19.4. The van der Waals surface area contributed by atoms with E-state index < -0.39 is 24.4 Å². The van der Waals surface area contributed by atoms with Crippen LogP contribution in [0.1, 0.15) is 10.4 Å². The van der Waals surface area contributed by atoms with Gasteiger partial charge in [0.1, 0.15) is 5.75 Å². The van der Waals surface area contributed by atoms with Crippen LogP contribution in [0.15, 0.2) is 18.2 Å². The zero-order chi connectivity index (χ0) is 13.5. The number of hydrogen-bond donors (Lipinski definition) is 0. The molecule has 1 aliphatic heterocycles. The van der Waals surface area contributed by atoms with Gasteiger partial charge in [-0.05, 0) is 12.1 Å². The highest BCUT2D eigenvalue weighted by molar-refractivity contribution is 6.18. The molecular formula is C11H8F3NO3. The maximum Gasteiger partial charge on any atom is 0.471 e. The number of carbonyl (C=O) groups excluding carboxylic acids is 2. The van der Waals surface area contributed by atoms with Gasteiger partial charge < -0.3 is 4.74 Å². The van der Waals surface area contributed by atoms with Crippen LogP contribution in [-0.2, 0) is 4.79 Å². The Morgan fingerprint density at radius 3 is 2.61 bits per heavy atom. The summed E-state index contributed by atoms with van der Waals surface area (Å²) in [4.78, 5) is 23.2. The van der Waals surface area contributed by atoms with Crippen molar-refractivity contribution in [3.63, 3.8) is 0 Å². The Morgan fingerprint density at radius 1 is 1.39 bits per heavy atom. The van der Waals surface area contributed by atoms with Crippen molar-refractivity contribution in [2.75, 3.05) is 18.6 Å². The minimum atomic E-state index is -5.01. The summed E-state index contributed by atoms with van der Waals surface area (Å²) in [5.41, 5.74) is -0.0562. The van der Waals surface area contributed by atoms with Crippen molar-refractivity contribution >= 4 is 17.4 Å². The summed E-state index contributed by atoms with van der Waals surface area (Å²) < 4.78 is 42.0. The Balaban J connectivity index is 2.49. The van der Waals surface area contributed by atoms with Crippen LogP contribution >= 0.6 is 0 Å². The molecule has 0 bridgehead atoms. The van der Waals surface area contributed by atoms with Gasteiger partial charge in [0.25, 0.3) is 0 Å². The Bertz CT molecular complexity index is 525. The third-order valence-corrected chi connectivity index (χ3v) is 2.58. The fraction of sp³-hybridized carbons (Fsp3) is 0.273. The van der Waals surface area contributed by atoms with Crippen LogP contribution in [0.3, 0.4) is 0 Å². The van der Waals surface area contributed by atoms with E-state index in [4.69, 9.17) is 4.74 Å². The molecule has 96 valence electrons. The molecule has 7 heteroatoms. The van der Waals surface area contributed by atoms with Gasteiger partial charge in [-0.1, -0.05) is 6.07 Å². The number of amides is 1. The molecule has 0 saturated heterocycles. The molecule has 4 nitrogen and oxygen atoms in total. The zero-order valence-electron chi connectivity index (χ0n) is 9.25. The minimum absolute atomic E-state index is 0.0117. The fourth-order valence-electron chi connectivity index (χ4n) is 1.84. The number of methoxy groups -OCH3 is 1. The van der Waals surface area contributed by atoms with E-state index in [1.165, 1.54) is 25.3 Å². The van der Waals surface area contributed by atoms with Crippen LogP contribution in [0.4, 0.5) is 18.9 Å². The van der Waals surface area contributed by atoms with Crippen LogP contribution in [0.5, 0.6) is 5.75 Å². The van der Waals surface area contributed by atoms with Gasteiger partial charge in [-0.15, -0.1) is 0 Å². The molecule has 0 spiro atoms. The summed E-state index contributed by atoms with van der Waals surface area (Å²) in [6.07, 6.45) is -5.01. The highest BCUT2D eigenvalue weighted by Gasteiger charge is 2.47. The lowest BCUT2D eigenvalue weighted by Gasteiger charge is -2.17. The van der Waals surface area contributed by atoms with Crippen LogP contribution in [0.25, 0.3) is 0 Å². The summed E-state index contributed by atoms with van der Waals surface area (Å²) in [6.45, 7) is -0.617. The van der Waals surface area contributed by atoms with Crippen LogP contribution in [-0.4, -0.2) is 31.5 Å². The lowest BCUT2D eigenvalue weighted by atomic mass is 10.1. The van der Waals surface area contributed by atoms with E-state index in [9.17, 15) is 22.8 Å². The number of nitrogens with zero attached hydrogens (tertiary/aromatic N) is 1. The first kappa shape index (κ1) is 12.4. The van der Waals surface area contributed by atoms with Crippen molar-refractivity contribution < 1.29 is 27.5 Å². The van der Waals surface area contributed by atoms with E-state index in [0.717, 1.165) is 0 Å². The van der Waals surface area contributed by atoms with E-state index in [2.05, 4.69) is 0 Å². The smallest absolute Gasteiger partial charge is 0.471 e. The maximum absolute atomic E-state index is 12.4. The quantitative estimate of drug-likeness (QED) is 0.772. The van der Waals surface area contributed by atoms with Crippen molar-refractivity contribution in [2.45, 2.75) is 6.18 Å². The number of benzene rings is 1. The number of halogens is 3. The maximum atomic E-state index is 12.4. The SMILES string of the molecule is COc1cccc2c1C(=O)CN2C(=O)C(F)(F)F. The van der Waals surface area contributed by atoms with Gasteiger partial charge in [-0.2, -0.15) is 13.2 Å². The molecule has 1 aromatic rings. The molecular weight excluding hydrogens is 251 g/mol. The zero-order valence-corrected chi connectivity index (χ0v) is 9.25. The van der Waals surface area contributed by atoms with Crippen molar-refractivity contribution in [1.82, 2.24) is 0 Å². The van der Waals surface area contributed by atoms with E-state index in [0.29, 0.717) is 4.90 Å². The van der Waals surface area contributed by atoms with Crippen molar-refractivity contribution in [3.05, 3.63) is 23.8 Å².